The van der Waals surface area contributed by atoms with Gasteiger partial charge in [0.05, 0.1) is 12.8 Å². The van der Waals surface area contributed by atoms with Crippen molar-refractivity contribution in [2.45, 2.75) is 12.2 Å². The van der Waals surface area contributed by atoms with Crippen molar-refractivity contribution in [3.05, 3.63) is 65.3 Å². The van der Waals surface area contributed by atoms with Gasteiger partial charge in [0.1, 0.15) is 5.75 Å². The highest BCUT2D eigenvalue weighted by molar-refractivity contribution is 6.30. The number of hydrogen-bond donors (Lipinski definition) is 1. The van der Waals surface area contributed by atoms with Crippen molar-refractivity contribution in [3.63, 3.8) is 0 Å². The summed E-state index contributed by atoms with van der Waals surface area (Å²) in [5.74, 6) is 0.945. The number of nitrogens with one attached hydrogen (secondary N) is 1. The summed E-state index contributed by atoms with van der Waals surface area (Å²) in [5.41, 5.74) is 2.62. The molecule has 2 atom stereocenters. The molecule has 0 bridgehead atoms. The molecule has 0 saturated carbocycles. The van der Waals surface area contributed by atoms with E-state index in [0.717, 1.165) is 22.7 Å². The van der Waals surface area contributed by atoms with Crippen LogP contribution < -0.4 is 15.0 Å². The summed E-state index contributed by atoms with van der Waals surface area (Å²) in [6.07, 6.45) is 1.30. The van der Waals surface area contributed by atoms with Crippen molar-refractivity contribution < 1.29 is 14.3 Å². The Balaban J connectivity index is 1.62. The lowest BCUT2D eigenvalue weighted by molar-refractivity contribution is -0.126. The van der Waals surface area contributed by atoms with E-state index in [0.29, 0.717) is 11.0 Å². The molecule has 8 nitrogen and oxygen atoms in total. The number of guanidine groups is 1. The number of likely N-dealkylation sites (N-methyl/N-ethyl adjacent to an activating group) is 1. The summed E-state index contributed by atoms with van der Waals surface area (Å²) >= 11 is 6.07. The first-order valence-corrected chi connectivity index (χ1v) is 9.71. The topological polar surface area (TPSA) is 77.5 Å². The number of rotatable bonds is 3. The van der Waals surface area contributed by atoms with E-state index in [1.807, 2.05) is 64.5 Å². The van der Waals surface area contributed by atoms with Gasteiger partial charge >= 0.3 is 6.03 Å². The number of amides is 3. The maximum Gasteiger partial charge on any atom is 0.325 e. The number of carbonyl (C=O) groups is 2. The van der Waals surface area contributed by atoms with Crippen LogP contribution in [0.1, 0.15) is 5.56 Å². The lowest BCUT2D eigenvalue weighted by atomic mass is 10.1. The molecule has 152 valence electrons. The molecular formula is C21H18ClN5O3. The Kier molecular flexibility index (Phi) is 4.18. The van der Waals surface area contributed by atoms with Gasteiger partial charge in [0, 0.05) is 29.5 Å². The minimum atomic E-state index is -0.631. The van der Waals surface area contributed by atoms with E-state index in [1.165, 1.54) is 4.90 Å². The molecule has 5 rings (SSSR count). The van der Waals surface area contributed by atoms with E-state index in [2.05, 4.69) is 5.32 Å². The fourth-order valence-corrected chi connectivity index (χ4v) is 4.02. The minimum Gasteiger partial charge on any atom is -0.497 e. The van der Waals surface area contributed by atoms with Gasteiger partial charge in [-0.15, -0.1) is 0 Å². The normalized spacial score (nSPS) is 22.4. The second-order valence-corrected chi connectivity index (χ2v) is 7.59. The SMILES string of the molecule is COc1ccc(N2C(c3ccc(Cl)cc3)=CN3C2=NC2C3C(=O)NC(=O)N2C)cc1. The number of benzene rings is 2. The van der Waals surface area contributed by atoms with Crippen LogP contribution >= 0.6 is 11.6 Å². The standard InChI is InChI=1S/C21H18ClN5O3/c1-25-18-17(19(28)24-21(25)29)26-11-16(12-3-5-13(22)6-4-12)27(20(26)23-18)14-7-9-15(30-2)10-8-14/h3-11,17-18H,1-2H3,(H,24,28,29). The highest BCUT2D eigenvalue weighted by Crippen LogP contribution is 2.39. The van der Waals surface area contributed by atoms with Gasteiger partial charge in [0.15, 0.2) is 12.2 Å². The van der Waals surface area contributed by atoms with Crippen molar-refractivity contribution in [1.29, 1.82) is 0 Å². The zero-order valence-corrected chi connectivity index (χ0v) is 17.0. The average molecular weight is 424 g/mol. The molecule has 2 aromatic carbocycles. The molecule has 3 aliphatic heterocycles. The zero-order valence-electron chi connectivity index (χ0n) is 16.2. The van der Waals surface area contributed by atoms with Gasteiger partial charge < -0.3 is 9.64 Å². The third-order valence-electron chi connectivity index (χ3n) is 5.45. The number of urea groups is 1. The largest absolute Gasteiger partial charge is 0.497 e. The number of anilines is 1. The molecule has 1 N–H and O–H groups in total. The van der Waals surface area contributed by atoms with Crippen LogP contribution in [0.4, 0.5) is 10.5 Å². The Labute approximate surface area is 178 Å². The number of methoxy groups -OCH3 is 1. The van der Waals surface area contributed by atoms with E-state index in [-0.39, 0.29) is 5.91 Å². The summed E-state index contributed by atoms with van der Waals surface area (Å²) < 4.78 is 5.27. The molecule has 2 aromatic rings. The Morgan fingerprint density at radius 1 is 1.07 bits per heavy atom. The van der Waals surface area contributed by atoms with Gasteiger partial charge in [0.2, 0.25) is 5.96 Å². The average Bonchev–Trinajstić information content (AvgIpc) is 3.29. The molecule has 30 heavy (non-hydrogen) atoms. The third-order valence-corrected chi connectivity index (χ3v) is 5.70. The minimum absolute atomic E-state index is 0.370. The van der Waals surface area contributed by atoms with Crippen LogP contribution in [-0.4, -0.2) is 54.1 Å². The quantitative estimate of drug-likeness (QED) is 0.821. The Morgan fingerprint density at radius 2 is 1.77 bits per heavy atom. The summed E-state index contributed by atoms with van der Waals surface area (Å²) in [6, 6.07) is 14.0. The summed E-state index contributed by atoms with van der Waals surface area (Å²) in [7, 11) is 3.25. The van der Waals surface area contributed by atoms with Crippen LogP contribution in [0.25, 0.3) is 5.70 Å². The lowest BCUT2D eigenvalue weighted by Crippen LogP contribution is -2.62. The molecule has 0 spiro atoms. The number of halogens is 1. The van der Waals surface area contributed by atoms with Gasteiger partial charge in [-0.3, -0.25) is 19.9 Å². The summed E-state index contributed by atoms with van der Waals surface area (Å²) in [5, 5.41) is 3.03. The molecule has 1 fully saturated rings. The molecule has 3 amide bonds. The molecule has 2 unspecified atom stereocenters. The number of fused-ring (bicyclic) bond motifs is 3. The van der Waals surface area contributed by atoms with Crippen LogP contribution in [0.2, 0.25) is 5.02 Å². The number of hydrogen-bond acceptors (Lipinski definition) is 6. The molecule has 3 heterocycles. The number of imide groups is 1. The van der Waals surface area contributed by atoms with E-state index in [1.54, 1.807) is 14.2 Å². The van der Waals surface area contributed by atoms with Crippen molar-refractivity contribution in [1.82, 2.24) is 15.1 Å². The second-order valence-electron chi connectivity index (χ2n) is 7.15. The fourth-order valence-electron chi connectivity index (χ4n) is 3.89. The smallest absolute Gasteiger partial charge is 0.325 e. The van der Waals surface area contributed by atoms with Gasteiger partial charge in [-0.25, -0.2) is 9.79 Å². The predicted molar refractivity (Wildman–Crippen MR) is 113 cm³/mol. The van der Waals surface area contributed by atoms with Gasteiger partial charge in [-0.2, -0.15) is 0 Å². The molecular weight excluding hydrogens is 406 g/mol. The van der Waals surface area contributed by atoms with Crippen LogP contribution in [0.15, 0.2) is 59.7 Å². The van der Waals surface area contributed by atoms with Gasteiger partial charge in [-0.1, -0.05) is 23.7 Å². The first-order valence-electron chi connectivity index (χ1n) is 9.33. The monoisotopic (exact) mass is 423 g/mol. The van der Waals surface area contributed by atoms with Crippen LogP contribution in [0, 0.1) is 0 Å². The summed E-state index contributed by atoms with van der Waals surface area (Å²) in [4.78, 5) is 34.7. The number of ether oxygens (including phenoxy) is 1. The zero-order chi connectivity index (χ0) is 21.0. The third kappa shape index (κ3) is 2.72. The number of nitrogens with zero attached hydrogens (tertiary/aromatic N) is 4. The van der Waals surface area contributed by atoms with Crippen molar-refractivity contribution >= 4 is 40.9 Å². The van der Waals surface area contributed by atoms with Gasteiger partial charge in [0.25, 0.3) is 5.91 Å². The maximum absolute atomic E-state index is 12.6. The highest BCUT2D eigenvalue weighted by atomic mass is 35.5. The second kappa shape index (κ2) is 6.77. The predicted octanol–water partition coefficient (Wildman–Crippen LogP) is 2.72. The Morgan fingerprint density at radius 3 is 2.43 bits per heavy atom. The van der Waals surface area contributed by atoms with Crippen LogP contribution in [0.3, 0.4) is 0 Å². The van der Waals surface area contributed by atoms with Gasteiger partial charge in [-0.05, 0) is 36.4 Å². The molecule has 1 saturated heterocycles. The molecule has 0 aliphatic carbocycles. The van der Waals surface area contributed by atoms with E-state index in [9.17, 15) is 9.59 Å². The maximum atomic E-state index is 12.6. The van der Waals surface area contributed by atoms with E-state index in [4.69, 9.17) is 21.3 Å². The molecule has 9 heteroatoms. The van der Waals surface area contributed by atoms with Crippen molar-refractivity contribution in [3.8, 4) is 5.75 Å². The summed E-state index contributed by atoms with van der Waals surface area (Å²) in [6.45, 7) is 0. The van der Waals surface area contributed by atoms with Crippen molar-refractivity contribution in [2.24, 2.45) is 4.99 Å². The lowest BCUT2D eigenvalue weighted by Gasteiger charge is -2.34. The Bertz CT molecular complexity index is 1100. The first-order chi connectivity index (χ1) is 14.5. The fraction of sp³-hybridized carbons (Fsp3) is 0.190. The van der Waals surface area contributed by atoms with E-state index < -0.39 is 18.2 Å². The first kappa shape index (κ1) is 18.5. The van der Waals surface area contributed by atoms with Crippen LogP contribution in [-0.2, 0) is 4.79 Å². The van der Waals surface area contributed by atoms with Crippen molar-refractivity contribution in [2.75, 3.05) is 19.1 Å². The van der Waals surface area contributed by atoms with Crippen LogP contribution in [0.5, 0.6) is 5.75 Å². The Hall–Kier alpha value is -3.52. The molecule has 0 aromatic heterocycles. The molecule has 3 aliphatic rings. The number of aliphatic imine (C=N–C) groups is 1. The van der Waals surface area contributed by atoms with E-state index >= 15 is 0 Å². The highest BCUT2D eigenvalue weighted by Gasteiger charge is 2.52. The molecule has 0 radical (unpaired) electrons. The number of carbonyl (C=O) groups excluding carboxylic acids is 2.